The van der Waals surface area contributed by atoms with Crippen LogP contribution in [0.1, 0.15) is 18.9 Å². The van der Waals surface area contributed by atoms with Gasteiger partial charge in [0, 0.05) is 42.1 Å². The van der Waals surface area contributed by atoms with Crippen molar-refractivity contribution < 1.29 is 4.74 Å². The average Bonchev–Trinajstić information content (AvgIpc) is 2.87. The highest BCUT2D eigenvalue weighted by molar-refractivity contribution is 5.98. The topological polar surface area (TPSA) is 36.3 Å². The summed E-state index contributed by atoms with van der Waals surface area (Å²) in [6, 6.07) is 15.0. The van der Waals surface area contributed by atoms with Gasteiger partial charge in [0.05, 0.1) is 18.2 Å². The van der Waals surface area contributed by atoms with E-state index in [-0.39, 0.29) is 0 Å². The maximum atomic E-state index is 9.28. The maximum absolute atomic E-state index is 9.28. The number of methoxy groups -OCH3 is 1. The standard InChI is InChI=1S/C18H20N2O/c1-13-9-14(12-21-2)11-20(13)18-8-7-15(10-19)16-5-3-4-6-17(16)18/h3-8,13-14H,9,11-12H2,1-2H3/t13-,14-/m0/s1. The normalized spacial score (nSPS) is 21.7. The minimum absolute atomic E-state index is 0.501. The first kappa shape index (κ1) is 13.9. The molecule has 3 rings (SSSR count). The van der Waals surface area contributed by atoms with Gasteiger partial charge in [0.15, 0.2) is 0 Å². The molecule has 1 saturated heterocycles. The number of fused-ring (bicyclic) bond motifs is 1. The van der Waals surface area contributed by atoms with Crippen LogP contribution in [0.25, 0.3) is 10.8 Å². The van der Waals surface area contributed by atoms with Crippen molar-refractivity contribution in [3.8, 4) is 6.07 Å². The van der Waals surface area contributed by atoms with E-state index < -0.39 is 0 Å². The first-order valence-electron chi connectivity index (χ1n) is 7.42. The lowest BCUT2D eigenvalue weighted by molar-refractivity contribution is 0.159. The molecule has 3 nitrogen and oxygen atoms in total. The quantitative estimate of drug-likeness (QED) is 0.862. The molecule has 0 N–H and O–H groups in total. The molecule has 0 spiro atoms. The third kappa shape index (κ3) is 2.48. The van der Waals surface area contributed by atoms with Crippen LogP contribution >= 0.6 is 0 Å². The number of hydrogen-bond donors (Lipinski definition) is 0. The van der Waals surface area contributed by atoms with Crippen molar-refractivity contribution in [2.45, 2.75) is 19.4 Å². The van der Waals surface area contributed by atoms with Gasteiger partial charge in [-0.2, -0.15) is 5.26 Å². The zero-order chi connectivity index (χ0) is 14.8. The Morgan fingerprint density at radius 3 is 2.71 bits per heavy atom. The van der Waals surface area contributed by atoms with Crippen LogP contribution in [-0.2, 0) is 4.74 Å². The van der Waals surface area contributed by atoms with Crippen LogP contribution in [0.15, 0.2) is 36.4 Å². The average molecular weight is 280 g/mol. The summed E-state index contributed by atoms with van der Waals surface area (Å²) in [7, 11) is 1.77. The lowest BCUT2D eigenvalue weighted by Gasteiger charge is -2.25. The molecule has 0 aliphatic carbocycles. The molecule has 1 aliphatic heterocycles. The van der Waals surface area contributed by atoms with E-state index in [0.717, 1.165) is 30.5 Å². The van der Waals surface area contributed by atoms with Crippen LogP contribution in [0.2, 0.25) is 0 Å². The summed E-state index contributed by atoms with van der Waals surface area (Å²) < 4.78 is 5.31. The fraction of sp³-hybridized carbons (Fsp3) is 0.389. The number of ether oxygens (including phenoxy) is 1. The van der Waals surface area contributed by atoms with Crippen molar-refractivity contribution in [3.63, 3.8) is 0 Å². The van der Waals surface area contributed by atoms with Gasteiger partial charge >= 0.3 is 0 Å². The Morgan fingerprint density at radius 1 is 1.24 bits per heavy atom. The highest BCUT2D eigenvalue weighted by Crippen LogP contribution is 2.35. The number of nitrogens with zero attached hydrogens (tertiary/aromatic N) is 2. The minimum atomic E-state index is 0.501. The van der Waals surface area contributed by atoms with Gasteiger partial charge in [0.2, 0.25) is 0 Å². The molecular weight excluding hydrogens is 260 g/mol. The van der Waals surface area contributed by atoms with E-state index in [2.05, 4.69) is 30.0 Å². The van der Waals surface area contributed by atoms with Gasteiger partial charge in [-0.05, 0) is 25.5 Å². The fourth-order valence-electron chi connectivity index (χ4n) is 3.47. The van der Waals surface area contributed by atoms with Gasteiger partial charge in [-0.25, -0.2) is 0 Å². The molecule has 2 atom stereocenters. The Morgan fingerprint density at radius 2 is 2.00 bits per heavy atom. The number of anilines is 1. The molecule has 0 aromatic heterocycles. The molecule has 108 valence electrons. The van der Waals surface area contributed by atoms with Gasteiger partial charge < -0.3 is 9.64 Å². The van der Waals surface area contributed by atoms with E-state index in [9.17, 15) is 5.26 Å². The highest BCUT2D eigenvalue weighted by Gasteiger charge is 2.30. The Balaban J connectivity index is 2.04. The highest BCUT2D eigenvalue weighted by atomic mass is 16.5. The van der Waals surface area contributed by atoms with Crippen molar-refractivity contribution in [2.24, 2.45) is 5.92 Å². The monoisotopic (exact) mass is 280 g/mol. The van der Waals surface area contributed by atoms with Crippen molar-refractivity contribution in [1.29, 1.82) is 5.26 Å². The minimum Gasteiger partial charge on any atom is -0.384 e. The predicted molar refractivity (Wildman–Crippen MR) is 85.5 cm³/mol. The summed E-state index contributed by atoms with van der Waals surface area (Å²) in [4.78, 5) is 2.45. The SMILES string of the molecule is COC[C@H]1C[C@H](C)N(c2ccc(C#N)c3ccccc23)C1. The Kier molecular flexibility index (Phi) is 3.81. The van der Waals surface area contributed by atoms with E-state index in [4.69, 9.17) is 4.74 Å². The number of nitriles is 1. The smallest absolute Gasteiger partial charge is 0.0998 e. The van der Waals surface area contributed by atoms with Crippen molar-refractivity contribution in [1.82, 2.24) is 0 Å². The lowest BCUT2D eigenvalue weighted by atomic mass is 10.0. The molecule has 0 saturated carbocycles. The molecule has 0 bridgehead atoms. The molecule has 3 heteroatoms. The van der Waals surface area contributed by atoms with Gasteiger partial charge in [-0.1, -0.05) is 24.3 Å². The second-order valence-electron chi connectivity index (χ2n) is 5.85. The third-order valence-corrected chi connectivity index (χ3v) is 4.39. The molecule has 2 aromatic carbocycles. The first-order valence-corrected chi connectivity index (χ1v) is 7.42. The van der Waals surface area contributed by atoms with Crippen LogP contribution in [0, 0.1) is 17.2 Å². The predicted octanol–water partition coefficient (Wildman–Crippen LogP) is 3.57. The zero-order valence-corrected chi connectivity index (χ0v) is 12.5. The van der Waals surface area contributed by atoms with E-state index in [1.54, 1.807) is 7.11 Å². The molecule has 21 heavy (non-hydrogen) atoms. The number of hydrogen-bond acceptors (Lipinski definition) is 3. The zero-order valence-electron chi connectivity index (χ0n) is 12.5. The van der Waals surface area contributed by atoms with Crippen LogP contribution in [0.5, 0.6) is 0 Å². The molecule has 1 heterocycles. The molecule has 2 aromatic rings. The third-order valence-electron chi connectivity index (χ3n) is 4.39. The number of benzene rings is 2. The maximum Gasteiger partial charge on any atom is 0.0998 e. The Hall–Kier alpha value is -2.05. The summed E-state index contributed by atoms with van der Waals surface area (Å²) in [6.07, 6.45) is 1.15. The van der Waals surface area contributed by atoms with E-state index in [1.807, 2.05) is 24.3 Å². The van der Waals surface area contributed by atoms with Crippen LogP contribution in [0.4, 0.5) is 5.69 Å². The molecule has 0 unspecified atom stereocenters. The van der Waals surface area contributed by atoms with Crippen LogP contribution < -0.4 is 4.90 Å². The first-order chi connectivity index (χ1) is 10.2. The van der Waals surface area contributed by atoms with Crippen molar-refractivity contribution >= 4 is 16.5 Å². The molecule has 1 fully saturated rings. The van der Waals surface area contributed by atoms with Gasteiger partial charge in [-0.3, -0.25) is 0 Å². The largest absolute Gasteiger partial charge is 0.384 e. The van der Waals surface area contributed by atoms with Crippen molar-refractivity contribution in [3.05, 3.63) is 42.0 Å². The van der Waals surface area contributed by atoms with E-state index in [1.165, 1.54) is 11.1 Å². The Bertz CT molecular complexity index is 689. The summed E-state index contributed by atoms with van der Waals surface area (Å²) >= 11 is 0. The van der Waals surface area contributed by atoms with E-state index >= 15 is 0 Å². The fourth-order valence-corrected chi connectivity index (χ4v) is 3.47. The van der Waals surface area contributed by atoms with Gasteiger partial charge in [0.25, 0.3) is 0 Å². The molecule has 1 aliphatic rings. The molecule has 0 radical (unpaired) electrons. The second kappa shape index (κ2) is 5.75. The van der Waals surface area contributed by atoms with Crippen molar-refractivity contribution in [2.75, 3.05) is 25.2 Å². The van der Waals surface area contributed by atoms with E-state index in [0.29, 0.717) is 12.0 Å². The summed E-state index contributed by atoms with van der Waals surface area (Å²) in [5.74, 6) is 0.583. The second-order valence-corrected chi connectivity index (χ2v) is 5.85. The number of rotatable bonds is 3. The summed E-state index contributed by atoms with van der Waals surface area (Å²) in [5, 5.41) is 11.5. The van der Waals surface area contributed by atoms with Crippen LogP contribution in [-0.4, -0.2) is 26.3 Å². The van der Waals surface area contributed by atoms with Gasteiger partial charge in [0.1, 0.15) is 0 Å². The van der Waals surface area contributed by atoms with Gasteiger partial charge in [-0.15, -0.1) is 0 Å². The van der Waals surface area contributed by atoms with Crippen LogP contribution in [0.3, 0.4) is 0 Å². The summed E-state index contributed by atoms with van der Waals surface area (Å²) in [5.41, 5.74) is 1.98. The Labute approximate surface area is 125 Å². The molecule has 0 amide bonds. The summed E-state index contributed by atoms with van der Waals surface area (Å²) in [6.45, 7) is 4.10. The lowest BCUT2D eigenvalue weighted by Crippen LogP contribution is -2.27. The molecular formula is C18H20N2O.